The maximum atomic E-state index is 12.9. The van der Waals surface area contributed by atoms with Gasteiger partial charge in [0, 0.05) is 0 Å². The quantitative estimate of drug-likeness (QED) is 0.0828. The van der Waals surface area contributed by atoms with E-state index in [1.165, 1.54) is 0 Å². The van der Waals surface area contributed by atoms with Crippen LogP contribution in [0.5, 0.6) is 0 Å². The molecule has 50 heavy (non-hydrogen) atoms. The van der Waals surface area contributed by atoms with Crippen LogP contribution in [0.15, 0.2) is 0 Å². The average molecular weight is 832 g/mol. The predicted molar refractivity (Wildman–Crippen MR) is 224 cm³/mol. The van der Waals surface area contributed by atoms with E-state index in [1.807, 2.05) is 6.92 Å². The van der Waals surface area contributed by atoms with Gasteiger partial charge < -0.3 is 45.3 Å². The van der Waals surface area contributed by atoms with Gasteiger partial charge in [0.2, 0.25) is 0 Å². The summed E-state index contributed by atoms with van der Waals surface area (Å²) in [5, 5.41) is 0. The van der Waals surface area contributed by atoms with Crippen LogP contribution in [0.1, 0.15) is 6.92 Å². The summed E-state index contributed by atoms with van der Waals surface area (Å²) >= 11 is 0. The van der Waals surface area contributed by atoms with Gasteiger partial charge in [-0.2, -0.15) is 0 Å². The highest BCUT2D eigenvalue weighted by molar-refractivity contribution is 6.72. The van der Waals surface area contributed by atoms with Crippen LogP contribution < -0.4 is 0 Å². The third-order valence-corrected chi connectivity index (χ3v) is 13.6. The molecule has 0 radical (unpaired) electrons. The lowest BCUT2D eigenvalue weighted by atomic mass is 10.00. The van der Waals surface area contributed by atoms with Gasteiger partial charge in [-0.05, 0) is 144 Å². The molecular weight excluding hydrogens is 753 g/mol. The maximum Gasteiger partial charge on any atom is 0.185 e. The first kappa shape index (κ1) is 48.8. The molecule has 9 unspecified atom stereocenters. The van der Waals surface area contributed by atoms with E-state index in [2.05, 4.69) is 137 Å². The van der Waals surface area contributed by atoms with Crippen LogP contribution in [0.2, 0.25) is 137 Å². The van der Waals surface area contributed by atoms with Crippen molar-refractivity contribution in [3.05, 3.63) is 0 Å². The van der Waals surface area contributed by atoms with Gasteiger partial charge in [0.05, 0.1) is 24.9 Å². The van der Waals surface area contributed by atoms with Crippen molar-refractivity contribution < 1.29 is 45.3 Å². The monoisotopic (exact) mass is 830 g/mol. The maximum absolute atomic E-state index is 12.9. The minimum atomic E-state index is -2.23. The molecule has 0 aromatic rings. The smallest absolute Gasteiger partial charge is 0.185 e. The van der Waals surface area contributed by atoms with Crippen molar-refractivity contribution in [3.8, 4) is 0 Å². The molecule has 1 heterocycles. The molecule has 1 aliphatic heterocycles. The normalized spacial score (nSPS) is 26.0. The Kier molecular flexibility index (Phi) is 17.8. The van der Waals surface area contributed by atoms with Crippen molar-refractivity contribution in [1.82, 2.24) is 0 Å². The Balaban J connectivity index is 3.84. The second-order valence-corrected chi connectivity index (χ2v) is 51.8. The second kappa shape index (κ2) is 18.2. The van der Waals surface area contributed by atoms with Crippen LogP contribution in [-0.2, 0) is 45.3 Å². The highest BCUT2D eigenvalue weighted by Gasteiger charge is 2.52. The summed E-state index contributed by atoms with van der Waals surface area (Å²) in [6.45, 7) is 47.4. The van der Waals surface area contributed by atoms with E-state index < -0.39 is 95.0 Å². The van der Waals surface area contributed by atoms with Crippen molar-refractivity contribution in [1.29, 1.82) is 0 Å². The number of carbonyl (C=O) groups excluding carboxylic acids is 1. The van der Waals surface area contributed by atoms with E-state index in [1.54, 1.807) is 0 Å². The summed E-state index contributed by atoms with van der Waals surface area (Å²) in [7, 11) is -15.0. The van der Waals surface area contributed by atoms with Crippen molar-refractivity contribution in [2.45, 2.75) is 200 Å². The molecule has 0 aliphatic carbocycles. The molecule has 298 valence electrons. The molecule has 1 saturated heterocycles. The largest absolute Gasteiger partial charge is 0.410 e. The number of hydrogen-bond donors (Lipinski definition) is 0. The first-order chi connectivity index (χ1) is 22.0. The van der Waals surface area contributed by atoms with Gasteiger partial charge in [-0.15, -0.1) is 0 Å². The first-order valence-electron chi connectivity index (χ1n) is 18.5. The molecule has 0 spiro atoms. The van der Waals surface area contributed by atoms with E-state index in [-0.39, 0.29) is 24.9 Å². The number of aldehydes is 1. The van der Waals surface area contributed by atoms with E-state index in [0.717, 1.165) is 6.29 Å². The van der Waals surface area contributed by atoms with Crippen molar-refractivity contribution in [3.63, 3.8) is 0 Å². The standard InChI is InChI=1S/C33H78O10Si7/c1-25-28(39-46(8,9)10)31(42-49(17,18)19)32(43-50(20,21)22)33(36-25)35-24-27(38-45(5,6)7)30(41-48(14,15)16)29(40-47(11,12)13)26(23-34)37-44(2,3)4/h23,25-33H,24H2,1-22H3. The average Bonchev–Trinajstić information content (AvgIpc) is 2.82. The summed E-state index contributed by atoms with van der Waals surface area (Å²) in [6.07, 6.45) is -4.02. The first-order valence-corrected chi connectivity index (χ1v) is 42.3. The van der Waals surface area contributed by atoms with Gasteiger partial charge in [0.15, 0.2) is 64.5 Å². The SMILES string of the molecule is CC1OC(OCC(O[Si](C)(C)C)C(O[Si](C)(C)C)C(O[Si](C)(C)C)C(C=O)O[Si](C)(C)C)C(O[Si](C)(C)C)C(O[Si](C)(C)C)C1O[Si](C)(C)C. The number of carbonyl (C=O) groups is 1. The van der Waals surface area contributed by atoms with Gasteiger partial charge in [0.1, 0.15) is 36.8 Å². The molecule has 1 rings (SSSR count). The minimum absolute atomic E-state index is 0.144. The summed E-state index contributed by atoms with van der Waals surface area (Å²) in [5.41, 5.74) is 0. The van der Waals surface area contributed by atoms with E-state index in [4.69, 9.17) is 40.5 Å². The topological polar surface area (TPSA) is 100 Å². The van der Waals surface area contributed by atoms with Crippen LogP contribution >= 0.6 is 0 Å². The fourth-order valence-corrected chi connectivity index (χ4v) is 13.3. The lowest BCUT2D eigenvalue weighted by molar-refractivity contribution is -0.289. The second-order valence-electron chi connectivity index (χ2n) is 20.6. The molecule has 0 aromatic heterocycles. The highest BCUT2D eigenvalue weighted by atomic mass is 28.4. The summed E-state index contributed by atoms with van der Waals surface area (Å²) in [4.78, 5) is 12.9. The summed E-state index contributed by atoms with van der Waals surface area (Å²) < 4.78 is 61.6. The van der Waals surface area contributed by atoms with E-state index in [0.29, 0.717) is 0 Å². The van der Waals surface area contributed by atoms with Crippen molar-refractivity contribution in [2.24, 2.45) is 0 Å². The van der Waals surface area contributed by atoms with Gasteiger partial charge in [-0.25, -0.2) is 0 Å². The third kappa shape index (κ3) is 19.9. The highest BCUT2D eigenvalue weighted by Crippen LogP contribution is 2.35. The zero-order valence-corrected chi connectivity index (χ0v) is 43.1. The van der Waals surface area contributed by atoms with Crippen molar-refractivity contribution in [2.75, 3.05) is 6.61 Å². The lowest BCUT2D eigenvalue weighted by Gasteiger charge is -2.50. The van der Waals surface area contributed by atoms with Gasteiger partial charge in [-0.1, -0.05) is 0 Å². The van der Waals surface area contributed by atoms with Crippen LogP contribution in [0.4, 0.5) is 0 Å². The van der Waals surface area contributed by atoms with E-state index >= 15 is 0 Å². The number of rotatable bonds is 21. The molecule has 0 aromatic carbocycles. The predicted octanol–water partition coefficient (Wildman–Crippen LogP) is 8.49. The Morgan fingerprint density at radius 1 is 0.500 bits per heavy atom. The number of ether oxygens (including phenoxy) is 2. The molecule has 0 saturated carbocycles. The molecule has 9 atom stereocenters. The minimum Gasteiger partial charge on any atom is -0.410 e. The molecule has 1 fully saturated rings. The number of hydrogen-bond acceptors (Lipinski definition) is 10. The Bertz CT molecular complexity index is 1040. The zero-order valence-electron chi connectivity index (χ0n) is 36.1. The molecule has 17 heteroatoms. The Hall–Kier alpha value is 0.828. The molecule has 0 bridgehead atoms. The molecule has 10 nitrogen and oxygen atoms in total. The van der Waals surface area contributed by atoms with Crippen LogP contribution in [-0.4, -0.2) is 126 Å². The zero-order chi connectivity index (χ0) is 39.5. The van der Waals surface area contributed by atoms with Crippen LogP contribution in [0, 0.1) is 0 Å². The van der Waals surface area contributed by atoms with Gasteiger partial charge in [0.25, 0.3) is 0 Å². The fourth-order valence-electron chi connectivity index (χ4n) is 5.67. The lowest BCUT2D eigenvalue weighted by Crippen LogP contribution is -2.65. The summed E-state index contributed by atoms with van der Waals surface area (Å²) in [5.74, 6) is 0. The van der Waals surface area contributed by atoms with E-state index in [9.17, 15) is 4.79 Å². The van der Waals surface area contributed by atoms with Gasteiger partial charge >= 0.3 is 0 Å². The fraction of sp³-hybridized carbons (Fsp3) is 0.970. The van der Waals surface area contributed by atoms with Crippen LogP contribution in [0.3, 0.4) is 0 Å². The van der Waals surface area contributed by atoms with Gasteiger partial charge in [-0.3, -0.25) is 0 Å². The summed E-state index contributed by atoms with van der Waals surface area (Å²) in [6, 6.07) is 0. The Morgan fingerprint density at radius 2 is 0.880 bits per heavy atom. The van der Waals surface area contributed by atoms with Crippen LogP contribution in [0.25, 0.3) is 0 Å². The third-order valence-electron chi connectivity index (χ3n) is 6.74. The van der Waals surface area contributed by atoms with Crippen molar-refractivity contribution >= 4 is 64.5 Å². The molecular formula is C33H78O10Si7. The molecule has 0 N–H and O–H groups in total. The molecule has 0 amide bonds. The Morgan fingerprint density at radius 3 is 1.26 bits per heavy atom. The Labute approximate surface area is 314 Å². The molecule has 1 aliphatic rings.